The predicted molar refractivity (Wildman–Crippen MR) is 367 cm³/mol. The quantitative estimate of drug-likeness (QED) is 0.0372. The second-order valence-electron chi connectivity index (χ2n) is 28.7. The molecule has 23 nitrogen and oxygen atoms in total. The number of hydrogen-bond acceptors (Lipinski definition) is 17. The molecule has 0 bridgehead atoms. The summed E-state index contributed by atoms with van der Waals surface area (Å²) < 4.78 is 43.9. The molecule has 23 heteroatoms. The average molecular weight is 1350 g/mol. The van der Waals surface area contributed by atoms with Gasteiger partial charge in [-0.1, -0.05) is 59.8 Å². The molecular formula is C72H130N8O15. The van der Waals surface area contributed by atoms with Crippen molar-refractivity contribution in [2.45, 2.75) is 202 Å². The minimum Gasteiger partial charge on any atom is -0.480 e. The van der Waals surface area contributed by atoms with Crippen molar-refractivity contribution in [3.8, 4) is 0 Å². The van der Waals surface area contributed by atoms with Crippen LogP contribution in [0.3, 0.4) is 0 Å². The molecule has 1 unspecified atom stereocenters. The van der Waals surface area contributed by atoms with E-state index < -0.39 is 5.97 Å². The Morgan fingerprint density at radius 1 is 0.537 bits per heavy atom. The van der Waals surface area contributed by atoms with Crippen LogP contribution in [-0.4, -0.2) is 255 Å². The molecule has 0 aromatic carbocycles. The molecule has 1 heterocycles. The van der Waals surface area contributed by atoms with Crippen LogP contribution in [0.1, 0.15) is 184 Å². The van der Waals surface area contributed by atoms with Gasteiger partial charge in [-0.2, -0.15) is 0 Å². The Hall–Kier alpha value is -3.91. The smallest absolute Gasteiger partial charge is 0.317 e. The predicted octanol–water partition coefficient (Wildman–Crippen LogP) is 7.40. The zero-order valence-corrected chi connectivity index (χ0v) is 60.2. The summed E-state index contributed by atoms with van der Waals surface area (Å²) >= 11 is 0. The van der Waals surface area contributed by atoms with Crippen LogP contribution in [-0.2, 0) is 61.9 Å². The van der Waals surface area contributed by atoms with E-state index in [1.165, 1.54) is 25.7 Å². The second kappa shape index (κ2) is 45.7. The van der Waals surface area contributed by atoms with Crippen molar-refractivity contribution < 1.29 is 71.8 Å². The number of carbonyl (C=O) groups excluding carboxylic acids is 6. The van der Waals surface area contributed by atoms with E-state index in [2.05, 4.69) is 53.9 Å². The van der Waals surface area contributed by atoms with Crippen LogP contribution in [0.5, 0.6) is 0 Å². The number of ketones is 2. The highest BCUT2D eigenvalue weighted by atomic mass is 16.6. The van der Waals surface area contributed by atoms with Gasteiger partial charge in [0.05, 0.1) is 84.2 Å². The highest BCUT2D eigenvalue weighted by Crippen LogP contribution is 2.69. The van der Waals surface area contributed by atoms with Gasteiger partial charge >= 0.3 is 12.0 Å². The summed E-state index contributed by atoms with van der Waals surface area (Å²) in [5.41, 5.74) is 0.00298. The molecule has 95 heavy (non-hydrogen) atoms. The van der Waals surface area contributed by atoms with Crippen molar-refractivity contribution in [2.75, 3.05) is 171 Å². The monoisotopic (exact) mass is 1350 g/mol. The topological polar surface area (TPSA) is 265 Å². The summed E-state index contributed by atoms with van der Waals surface area (Å²) in [5.74, 6) is 1.66. The maximum Gasteiger partial charge on any atom is 0.317 e. The molecule has 0 spiro atoms. The van der Waals surface area contributed by atoms with Gasteiger partial charge in [0.15, 0.2) is 0 Å². The molecule has 0 aromatic rings. The summed E-state index contributed by atoms with van der Waals surface area (Å²) in [5, 5.41) is 21.4. The standard InChI is InChI=1S/C72H130N8O15/c1-9-10-11-12-13-14-30-80(70(88)76-29-42-90-44-46-92-48-47-91-45-43-89-38-16-21-61(85)53-78-34-32-77(52-56(3)81)33-36-79(37-35-78)54-68(86)87)31-15-20-55(2)63-22-23-64-69-65(51-67(72(63,64)8)95-41-19-28-75-59(6)84)71(7)25-24-62(93-39-17-26-73-57(4)82)49-60(71)50-66(69)94-40-18-27-74-58(5)83/h55,60,62-67,69H,9-54H2,1-8H3,(H,73,82)(H,74,83)(H,75,84)(H,76,88)(H,86,87)/t55?,60-,62+,63+,64-,65-,66+,67-,69-,71-,72+/m0/s1. The number of carbonyl (C=O) groups is 7. The van der Waals surface area contributed by atoms with Crippen molar-refractivity contribution in [3.05, 3.63) is 0 Å². The lowest BCUT2D eigenvalue weighted by atomic mass is 9.43. The minimum absolute atomic E-state index is 0.0181. The number of ether oxygens (including phenoxy) is 7. The van der Waals surface area contributed by atoms with Crippen LogP contribution in [0, 0.1) is 46.3 Å². The molecule has 548 valence electrons. The van der Waals surface area contributed by atoms with Crippen molar-refractivity contribution in [1.29, 1.82) is 0 Å². The SMILES string of the molecule is CCCCCCCCN(CCCC(C)[C@H]1CC[C@H]2[C@@H]3[C@H](OCCCNC(C)=O)C[C@@H]4C[C@H](OCCCNC(C)=O)CC[C@]4(C)[C@H]3C[C@H](OCCCNC(C)=O)[C@]12C)C(=O)NCCOCCOCCOCCOCCCC(=O)CN1CCN(CC(C)=O)CCN(CC(=O)O)CC1. The zero-order valence-electron chi connectivity index (χ0n) is 60.2. The largest absolute Gasteiger partial charge is 0.480 e. The third kappa shape index (κ3) is 29.8. The number of Topliss-reactive ketones (excluding diaryl/α,β-unsaturated/α-hetero) is 2. The average Bonchev–Trinajstić information content (AvgIpc) is 1.67. The molecule has 5 fully saturated rings. The van der Waals surface area contributed by atoms with Gasteiger partial charge in [0.25, 0.3) is 0 Å². The van der Waals surface area contributed by atoms with E-state index in [0.717, 1.165) is 96.4 Å². The first-order valence-corrected chi connectivity index (χ1v) is 37.1. The van der Waals surface area contributed by atoms with E-state index in [9.17, 15) is 38.7 Å². The Labute approximate surface area is 571 Å². The fourth-order valence-corrected chi connectivity index (χ4v) is 16.5. The Morgan fingerprint density at radius 2 is 1.07 bits per heavy atom. The second-order valence-corrected chi connectivity index (χ2v) is 28.7. The van der Waals surface area contributed by atoms with E-state index in [0.29, 0.717) is 200 Å². The van der Waals surface area contributed by atoms with Crippen molar-refractivity contribution in [2.24, 2.45) is 46.3 Å². The van der Waals surface area contributed by atoms with Crippen molar-refractivity contribution >= 4 is 41.3 Å². The van der Waals surface area contributed by atoms with E-state index in [-0.39, 0.29) is 77.6 Å². The van der Waals surface area contributed by atoms with Crippen LogP contribution in [0.15, 0.2) is 0 Å². The molecule has 4 aliphatic carbocycles. The number of nitrogens with one attached hydrogen (secondary N) is 4. The molecule has 5 N–H and O–H groups in total. The van der Waals surface area contributed by atoms with Gasteiger partial charge in [-0.15, -0.1) is 0 Å². The number of carboxylic acid groups (broad SMARTS) is 1. The van der Waals surface area contributed by atoms with Gasteiger partial charge in [0.2, 0.25) is 17.7 Å². The Kier molecular flexibility index (Phi) is 39.3. The number of fused-ring (bicyclic) bond motifs is 5. The molecule has 0 aromatic heterocycles. The van der Waals surface area contributed by atoms with Crippen LogP contribution in [0.4, 0.5) is 4.79 Å². The molecule has 5 rings (SSSR count). The Balaban J connectivity index is 1.06. The van der Waals surface area contributed by atoms with Crippen molar-refractivity contribution in [1.82, 2.24) is 40.9 Å². The number of unbranched alkanes of at least 4 members (excludes halogenated alkanes) is 5. The number of urea groups is 1. The highest BCUT2D eigenvalue weighted by Gasteiger charge is 2.66. The third-order valence-electron chi connectivity index (χ3n) is 21.5. The molecule has 5 aliphatic rings. The summed E-state index contributed by atoms with van der Waals surface area (Å²) in [6, 6.07) is -0.0442. The summed E-state index contributed by atoms with van der Waals surface area (Å²) in [6.45, 7) is 28.8. The van der Waals surface area contributed by atoms with Crippen LogP contribution in [0.25, 0.3) is 0 Å². The first kappa shape index (κ1) is 81.8. The van der Waals surface area contributed by atoms with Gasteiger partial charge < -0.3 is 64.4 Å². The van der Waals surface area contributed by atoms with E-state index in [4.69, 9.17) is 33.2 Å². The first-order chi connectivity index (χ1) is 45.7. The lowest BCUT2D eigenvalue weighted by molar-refractivity contribution is -0.227. The van der Waals surface area contributed by atoms with Gasteiger partial charge in [-0.3, -0.25) is 43.5 Å². The number of aliphatic carboxylic acids is 1. The lowest BCUT2D eigenvalue weighted by Crippen LogP contribution is -2.63. The fourth-order valence-electron chi connectivity index (χ4n) is 16.5. The number of carboxylic acids is 1. The first-order valence-electron chi connectivity index (χ1n) is 37.1. The maximum absolute atomic E-state index is 14.0. The zero-order chi connectivity index (χ0) is 68.9. The maximum atomic E-state index is 14.0. The van der Waals surface area contributed by atoms with Crippen LogP contribution >= 0.6 is 0 Å². The highest BCUT2D eigenvalue weighted by molar-refractivity contribution is 5.80. The van der Waals surface area contributed by atoms with E-state index in [1.807, 2.05) is 14.7 Å². The Bertz CT molecular complexity index is 2210. The number of hydrogen-bond donors (Lipinski definition) is 5. The molecule has 4 saturated carbocycles. The van der Waals surface area contributed by atoms with Gasteiger partial charge in [0, 0.05) is 138 Å². The van der Waals surface area contributed by atoms with Gasteiger partial charge in [0.1, 0.15) is 11.6 Å². The van der Waals surface area contributed by atoms with E-state index in [1.54, 1.807) is 27.7 Å². The molecule has 11 atom stereocenters. The number of nitrogens with zero attached hydrogens (tertiary/aromatic N) is 4. The molecule has 5 amide bonds. The number of amides is 5. The van der Waals surface area contributed by atoms with E-state index >= 15 is 0 Å². The lowest BCUT2D eigenvalue weighted by Gasteiger charge is -2.65. The van der Waals surface area contributed by atoms with Crippen LogP contribution in [0.2, 0.25) is 0 Å². The Morgan fingerprint density at radius 3 is 1.66 bits per heavy atom. The van der Waals surface area contributed by atoms with Crippen LogP contribution < -0.4 is 21.3 Å². The van der Waals surface area contributed by atoms with Crippen molar-refractivity contribution in [3.63, 3.8) is 0 Å². The summed E-state index contributed by atoms with van der Waals surface area (Å²) in [6.07, 6.45) is 19.7. The fraction of sp³-hybridized carbons (Fsp3) is 0.903. The molecular weight excluding hydrogens is 1220 g/mol. The molecule has 1 saturated heterocycles. The van der Waals surface area contributed by atoms with Gasteiger partial charge in [-0.25, -0.2) is 4.79 Å². The van der Waals surface area contributed by atoms with Gasteiger partial charge in [-0.05, 0) is 138 Å². The summed E-state index contributed by atoms with van der Waals surface area (Å²) in [4.78, 5) is 93.3. The number of rotatable bonds is 49. The summed E-state index contributed by atoms with van der Waals surface area (Å²) in [7, 11) is 0. The molecule has 1 aliphatic heterocycles. The molecule has 0 radical (unpaired) electrons. The minimum atomic E-state index is -0.892. The normalized spacial score (nSPS) is 26.0. The third-order valence-corrected chi connectivity index (χ3v) is 21.5.